The molecule has 3 nitrogen and oxygen atoms in total. The van der Waals surface area contributed by atoms with Crippen LogP contribution in [0.1, 0.15) is 29.3 Å². The summed E-state index contributed by atoms with van der Waals surface area (Å²) in [5, 5.41) is 9.53. The third kappa shape index (κ3) is 2.53. The van der Waals surface area contributed by atoms with E-state index in [0.717, 1.165) is 6.42 Å². The molecule has 1 aliphatic rings. The molecule has 1 aromatic rings. The van der Waals surface area contributed by atoms with E-state index in [1.165, 1.54) is 18.2 Å². The first-order valence-corrected chi connectivity index (χ1v) is 6.22. The highest BCUT2D eigenvalue weighted by molar-refractivity contribution is 5.95. The lowest BCUT2D eigenvalue weighted by Crippen LogP contribution is -2.30. The number of benzene rings is 1. The van der Waals surface area contributed by atoms with Crippen molar-refractivity contribution in [2.24, 2.45) is 5.92 Å². The highest BCUT2D eigenvalue weighted by atomic mass is 19.1. The SMILES string of the molecule is Cc1cc(F)ccc1C(=O)N1CCC(C(C)O)C1. The van der Waals surface area contributed by atoms with Crippen LogP contribution >= 0.6 is 0 Å². The molecule has 1 aliphatic heterocycles. The molecule has 4 heteroatoms. The van der Waals surface area contributed by atoms with Gasteiger partial charge < -0.3 is 10.0 Å². The standard InChI is InChI=1S/C14H18FNO2/c1-9-7-12(15)3-4-13(9)14(18)16-6-5-11(8-16)10(2)17/h3-4,7,10-11,17H,5-6,8H2,1-2H3. The molecule has 2 unspecified atom stereocenters. The van der Waals surface area contributed by atoms with E-state index in [2.05, 4.69) is 0 Å². The first kappa shape index (κ1) is 13.0. The number of aliphatic hydroxyl groups is 1. The molecule has 0 radical (unpaired) electrons. The Balaban J connectivity index is 2.13. The monoisotopic (exact) mass is 251 g/mol. The van der Waals surface area contributed by atoms with Crippen molar-refractivity contribution in [3.05, 3.63) is 35.1 Å². The zero-order chi connectivity index (χ0) is 13.3. The molecule has 1 fully saturated rings. The lowest BCUT2D eigenvalue weighted by molar-refractivity contribution is 0.0761. The number of nitrogens with zero attached hydrogens (tertiary/aromatic N) is 1. The van der Waals surface area contributed by atoms with Crippen LogP contribution < -0.4 is 0 Å². The fourth-order valence-corrected chi connectivity index (χ4v) is 2.40. The Labute approximate surface area is 106 Å². The van der Waals surface area contributed by atoms with Crippen LogP contribution in [-0.2, 0) is 0 Å². The van der Waals surface area contributed by atoms with E-state index in [0.29, 0.717) is 24.2 Å². The van der Waals surface area contributed by atoms with E-state index >= 15 is 0 Å². The van der Waals surface area contributed by atoms with Crippen molar-refractivity contribution >= 4 is 5.91 Å². The fraction of sp³-hybridized carbons (Fsp3) is 0.500. The molecular formula is C14H18FNO2. The summed E-state index contributed by atoms with van der Waals surface area (Å²) < 4.78 is 13.0. The normalized spacial score (nSPS) is 21.1. The Hall–Kier alpha value is -1.42. The molecule has 98 valence electrons. The summed E-state index contributed by atoms with van der Waals surface area (Å²) in [6.07, 6.45) is 0.432. The number of carbonyl (C=O) groups is 1. The number of amides is 1. The third-order valence-corrected chi connectivity index (χ3v) is 3.61. The fourth-order valence-electron chi connectivity index (χ4n) is 2.40. The van der Waals surface area contributed by atoms with Crippen molar-refractivity contribution in [1.82, 2.24) is 4.90 Å². The second kappa shape index (κ2) is 5.06. The molecule has 0 aliphatic carbocycles. The molecular weight excluding hydrogens is 233 g/mol. The summed E-state index contributed by atoms with van der Waals surface area (Å²) in [5.41, 5.74) is 1.20. The van der Waals surface area contributed by atoms with Crippen molar-refractivity contribution in [2.45, 2.75) is 26.4 Å². The maximum Gasteiger partial charge on any atom is 0.254 e. The van der Waals surface area contributed by atoms with E-state index in [1.807, 2.05) is 0 Å². The minimum Gasteiger partial charge on any atom is -0.393 e. The quantitative estimate of drug-likeness (QED) is 0.873. The number of aryl methyl sites for hydroxylation is 1. The Morgan fingerprint density at radius 3 is 2.83 bits per heavy atom. The van der Waals surface area contributed by atoms with Crippen LogP contribution in [0.25, 0.3) is 0 Å². The molecule has 1 saturated heterocycles. The lowest BCUT2D eigenvalue weighted by atomic mass is 10.0. The number of rotatable bonds is 2. The van der Waals surface area contributed by atoms with Crippen molar-refractivity contribution < 1.29 is 14.3 Å². The summed E-state index contributed by atoms with van der Waals surface area (Å²) >= 11 is 0. The molecule has 1 heterocycles. The van der Waals surface area contributed by atoms with Gasteiger partial charge in [-0.1, -0.05) is 0 Å². The maximum absolute atomic E-state index is 13.0. The number of hydrogen-bond acceptors (Lipinski definition) is 2. The van der Waals surface area contributed by atoms with Crippen molar-refractivity contribution in [2.75, 3.05) is 13.1 Å². The van der Waals surface area contributed by atoms with Crippen molar-refractivity contribution in [3.63, 3.8) is 0 Å². The van der Waals surface area contributed by atoms with Crippen LogP contribution in [-0.4, -0.2) is 35.1 Å². The van der Waals surface area contributed by atoms with Gasteiger partial charge in [-0.2, -0.15) is 0 Å². The molecule has 1 N–H and O–H groups in total. The van der Waals surface area contributed by atoms with Gasteiger partial charge in [0.15, 0.2) is 0 Å². The molecule has 0 aromatic heterocycles. The molecule has 0 saturated carbocycles. The van der Waals surface area contributed by atoms with Gasteiger partial charge in [-0.05, 0) is 44.0 Å². The smallest absolute Gasteiger partial charge is 0.254 e. The number of likely N-dealkylation sites (tertiary alicyclic amines) is 1. The lowest BCUT2D eigenvalue weighted by Gasteiger charge is -2.18. The predicted molar refractivity (Wildman–Crippen MR) is 66.8 cm³/mol. The second-order valence-electron chi connectivity index (χ2n) is 5.00. The van der Waals surface area contributed by atoms with Crippen LogP contribution in [0.2, 0.25) is 0 Å². The number of carbonyl (C=O) groups excluding carboxylic acids is 1. The Morgan fingerprint density at radius 2 is 2.28 bits per heavy atom. The predicted octanol–water partition coefficient (Wildman–Crippen LogP) is 1.98. The molecule has 1 amide bonds. The van der Waals surface area contributed by atoms with Crippen molar-refractivity contribution in [3.8, 4) is 0 Å². The first-order chi connectivity index (χ1) is 8.49. The largest absolute Gasteiger partial charge is 0.393 e. The summed E-state index contributed by atoms with van der Waals surface area (Å²) in [6.45, 7) is 4.72. The third-order valence-electron chi connectivity index (χ3n) is 3.61. The van der Waals surface area contributed by atoms with Crippen LogP contribution in [0.15, 0.2) is 18.2 Å². The molecule has 0 spiro atoms. The summed E-state index contributed by atoms with van der Waals surface area (Å²) in [4.78, 5) is 14.0. The van der Waals surface area contributed by atoms with E-state index in [9.17, 15) is 14.3 Å². The van der Waals surface area contributed by atoms with E-state index in [1.54, 1.807) is 18.7 Å². The first-order valence-electron chi connectivity index (χ1n) is 6.22. The zero-order valence-corrected chi connectivity index (χ0v) is 10.7. The minimum absolute atomic E-state index is 0.0735. The Kier molecular flexibility index (Phi) is 3.66. The molecule has 2 rings (SSSR count). The molecule has 2 atom stereocenters. The molecule has 0 bridgehead atoms. The van der Waals surface area contributed by atoms with E-state index in [-0.39, 0.29) is 17.6 Å². The Bertz CT molecular complexity index is 459. The second-order valence-corrected chi connectivity index (χ2v) is 5.00. The van der Waals surface area contributed by atoms with Gasteiger partial charge >= 0.3 is 0 Å². The zero-order valence-electron chi connectivity index (χ0n) is 10.7. The highest BCUT2D eigenvalue weighted by Gasteiger charge is 2.30. The summed E-state index contributed by atoms with van der Waals surface area (Å²) in [5.74, 6) is -0.252. The molecule has 18 heavy (non-hydrogen) atoms. The highest BCUT2D eigenvalue weighted by Crippen LogP contribution is 2.22. The Morgan fingerprint density at radius 1 is 1.56 bits per heavy atom. The average Bonchev–Trinajstić information content (AvgIpc) is 2.77. The van der Waals surface area contributed by atoms with Gasteiger partial charge in [-0.3, -0.25) is 4.79 Å². The van der Waals surface area contributed by atoms with Crippen LogP contribution in [0.4, 0.5) is 4.39 Å². The van der Waals surface area contributed by atoms with Gasteiger partial charge in [0.2, 0.25) is 0 Å². The van der Waals surface area contributed by atoms with Gasteiger partial charge in [0.05, 0.1) is 6.10 Å². The number of halogens is 1. The topological polar surface area (TPSA) is 40.5 Å². The maximum atomic E-state index is 13.0. The molecule has 1 aromatic carbocycles. The van der Waals surface area contributed by atoms with E-state index < -0.39 is 6.10 Å². The van der Waals surface area contributed by atoms with E-state index in [4.69, 9.17) is 0 Å². The van der Waals surface area contributed by atoms with Crippen LogP contribution in [0, 0.1) is 18.7 Å². The average molecular weight is 251 g/mol. The number of hydrogen-bond donors (Lipinski definition) is 1. The van der Waals surface area contributed by atoms with Gasteiger partial charge in [0.1, 0.15) is 5.82 Å². The van der Waals surface area contributed by atoms with Gasteiger partial charge in [-0.15, -0.1) is 0 Å². The van der Waals surface area contributed by atoms with Gasteiger partial charge in [-0.25, -0.2) is 4.39 Å². The summed E-state index contributed by atoms with van der Waals surface area (Å²) in [6, 6.07) is 4.21. The number of aliphatic hydroxyl groups excluding tert-OH is 1. The van der Waals surface area contributed by atoms with Crippen molar-refractivity contribution in [1.29, 1.82) is 0 Å². The van der Waals surface area contributed by atoms with Gasteiger partial charge in [0, 0.05) is 24.6 Å². The summed E-state index contributed by atoms with van der Waals surface area (Å²) in [7, 11) is 0. The van der Waals surface area contributed by atoms with Crippen LogP contribution in [0.3, 0.4) is 0 Å². The van der Waals surface area contributed by atoms with Gasteiger partial charge in [0.25, 0.3) is 5.91 Å². The van der Waals surface area contributed by atoms with Crippen LogP contribution in [0.5, 0.6) is 0 Å². The minimum atomic E-state index is -0.392.